The highest BCUT2D eigenvalue weighted by molar-refractivity contribution is 5.97. The summed E-state index contributed by atoms with van der Waals surface area (Å²) in [5, 5.41) is 22.0. The van der Waals surface area contributed by atoms with Gasteiger partial charge in [0.05, 0.1) is 17.8 Å². The number of nitrogen functional groups attached to an aromatic ring is 1. The fourth-order valence-electron chi connectivity index (χ4n) is 2.75. The van der Waals surface area contributed by atoms with Crippen LogP contribution in [0.3, 0.4) is 0 Å². The third-order valence-electron chi connectivity index (χ3n) is 4.37. The number of furan rings is 1. The zero-order chi connectivity index (χ0) is 21.0. The average molecular weight is 396 g/mol. The fourth-order valence-corrected chi connectivity index (χ4v) is 2.75. The summed E-state index contributed by atoms with van der Waals surface area (Å²) in [6.45, 7) is 0.0278. The molecule has 2 atom stereocenters. The van der Waals surface area contributed by atoms with Crippen LogP contribution in [0.15, 0.2) is 59.3 Å². The minimum atomic E-state index is -1.19. The molecule has 0 saturated carbocycles. The maximum Gasteiger partial charge on any atom is 0.339 e. The Kier molecular flexibility index (Phi) is 5.91. The molecule has 3 rings (SSSR count). The molecule has 1 aromatic carbocycles. The number of nitrogens with two attached hydrogens (primary N) is 2. The molecule has 29 heavy (non-hydrogen) atoms. The van der Waals surface area contributed by atoms with Crippen LogP contribution >= 0.6 is 0 Å². The van der Waals surface area contributed by atoms with Crippen molar-refractivity contribution in [2.45, 2.75) is 18.7 Å². The predicted molar refractivity (Wildman–Crippen MR) is 105 cm³/mol. The van der Waals surface area contributed by atoms with Crippen molar-refractivity contribution in [1.82, 2.24) is 10.3 Å². The number of carbonyl (C=O) groups excluding carboxylic acids is 1. The highest BCUT2D eigenvalue weighted by atomic mass is 16.4. The molecule has 0 radical (unpaired) electrons. The molecule has 0 unspecified atom stereocenters. The van der Waals surface area contributed by atoms with E-state index in [4.69, 9.17) is 21.0 Å². The Morgan fingerprint density at radius 2 is 1.86 bits per heavy atom. The van der Waals surface area contributed by atoms with Crippen LogP contribution in [0.1, 0.15) is 27.8 Å². The van der Waals surface area contributed by atoms with Gasteiger partial charge in [0, 0.05) is 12.4 Å². The summed E-state index contributed by atoms with van der Waals surface area (Å²) in [7, 11) is 0. The molecule has 0 aliphatic heterocycles. The van der Waals surface area contributed by atoms with E-state index < -0.39 is 24.0 Å². The second-order valence-electron chi connectivity index (χ2n) is 6.32. The molecule has 0 saturated heterocycles. The molecule has 2 heterocycles. The number of aromatic nitrogens is 1. The zero-order valence-corrected chi connectivity index (χ0v) is 15.3. The summed E-state index contributed by atoms with van der Waals surface area (Å²) in [6.07, 6.45) is 1.41. The summed E-state index contributed by atoms with van der Waals surface area (Å²) in [4.78, 5) is 27.3. The molecule has 150 valence electrons. The zero-order valence-electron chi connectivity index (χ0n) is 15.3. The van der Waals surface area contributed by atoms with Gasteiger partial charge >= 0.3 is 5.97 Å². The molecule has 3 aromatic rings. The van der Waals surface area contributed by atoms with Gasteiger partial charge in [-0.1, -0.05) is 30.3 Å². The first kappa shape index (κ1) is 20.1. The average Bonchev–Trinajstić information content (AvgIpc) is 3.20. The molecule has 0 aliphatic rings. The van der Waals surface area contributed by atoms with Crippen LogP contribution in [0.5, 0.6) is 0 Å². The third-order valence-corrected chi connectivity index (χ3v) is 4.37. The van der Waals surface area contributed by atoms with Crippen molar-refractivity contribution in [3.05, 3.63) is 71.7 Å². The molecule has 0 spiro atoms. The summed E-state index contributed by atoms with van der Waals surface area (Å²) in [6, 6.07) is 10.7. The number of nitrogens with zero attached hydrogens (tertiary/aromatic N) is 1. The fraction of sp³-hybridized carbons (Fsp3) is 0.150. The molecular formula is C20H20N4O5. The number of carboxylic acid groups (broad SMARTS) is 1. The Bertz CT molecular complexity index is 1020. The van der Waals surface area contributed by atoms with Crippen LogP contribution in [-0.4, -0.2) is 33.1 Å². The number of nitrogens with one attached hydrogen (secondary N) is 1. The van der Waals surface area contributed by atoms with E-state index in [2.05, 4.69) is 10.3 Å². The minimum Gasteiger partial charge on any atom is -0.478 e. The lowest BCUT2D eigenvalue weighted by Gasteiger charge is -2.18. The molecule has 9 nitrogen and oxygen atoms in total. The van der Waals surface area contributed by atoms with E-state index in [-0.39, 0.29) is 17.8 Å². The maximum absolute atomic E-state index is 12.2. The summed E-state index contributed by atoms with van der Waals surface area (Å²) in [5.74, 6) is -1.03. The van der Waals surface area contributed by atoms with E-state index in [9.17, 15) is 14.7 Å². The SMILES string of the molecule is Nc1c(C(=O)O)cncc1-c1ccc(CNC(=O)[C@@H](N)[C@H](O)c2ccccc2)o1. The van der Waals surface area contributed by atoms with Crippen molar-refractivity contribution in [2.24, 2.45) is 5.73 Å². The van der Waals surface area contributed by atoms with Gasteiger partial charge in [-0.2, -0.15) is 0 Å². The van der Waals surface area contributed by atoms with E-state index in [1.165, 1.54) is 6.20 Å². The lowest BCUT2D eigenvalue weighted by Crippen LogP contribution is -2.44. The second kappa shape index (κ2) is 8.55. The summed E-state index contributed by atoms with van der Waals surface area (Å²) in [5.41, 5.74) is 12.5. The van der Waals surface area contributed by atoms with Gasteiger partial charge in [0.25, 0.3) is 0 Å². The predicted octanol–water partition coefficient (Wildman–Crippen LogP) is 1.30. The van der Waals surface area contributed by atoms with Gasteiger partial charge in [0.1, 0.15) is 29.2 Å². The van der Waals surface area contributed by atoms with E-state index >= 15 is 0 Å². The molecule has 0 fully saturated rings. The number of carbonyl (C=O) groups is 2. The van der Waals surface area contributed by atoms with Crippen LogP contribution in [0.25, 0.3) is 11.3 Å². The van der Waals surface area contributed by atoms with Crippen LogP contribution in [0.2, 0.25) is 0 Å². The first-order valence-electron chi connectivity index (χ1n) is 8.70. The largest absolute Gasteiger partial charge is 0.478 e. The maximum atomic E-state index is 12.2. The Balaban J connectivity index is 1.66. The number of rotatable bonds is 7. The summed E-state index contributed by atoms with van der Waals surface area (Å²) >= 11 is 0. The number of anilines is 1. The van der Waals surface area contributed by atoms with E-state index in [0.717, 1.165) is 6.20 Å². The quantitative estimate of drug-likeness (QED) is 0.399. The van der Waals surface area contributed by atoms with Crippen LogP contribution < -0.4 is 16.8 Å². The first-order chi connectivity index (χ1) is 13.9. The molecular weight excluding hydrogens is 376 g/mol. The number of aromatic carboxylic acids is 1. The molecule has 7 N–H and O–H groups in total. The number of hydrogen-bond donors (Lipinski definition) is 5. The van der Waals surface area contributed by atoms with Gasteiger partial charge in [0.15, 0.2) is 0 Å². The number of aliphatic hydroxyl groups excluding tert-OH is 1. The first-order valence-corrected chi connectivity index (χ1v) is 8.70. The van der Waals surface area contributed by atoms with Crippen molar-refractivity contribution in [3.63, 3.8) is 0 Å². The Labute approximate surface area is 166 Å². The normalized spacial score (nSPS) is 12.9. The van der Waals surface area contributed by atoms with Crippen LogP contribution in [0.4, 0.5) is 5.69 Å². The topological polar surface area (TPSA) is 165 Å². The van der Waals surface area contributed by atoms with E-state index in [1.807, 2.05) is 0 Å². The molecule has 0 bridgehead atoms. The molecule has 2 aromatic heterocycles. The van der Waals surface area contributed by atoms with Gasteiger partial charge in [-0.3, -0.25) is 9.78 Å². The minimum absolute atomic E-state index is 0.0278. The summed E-state index contributed by atoms with van der Waals surface area (Å²) < 4.78 is 5.63. The van der Waals surface area contributed by atoms with E-state index in [1.54, 1.807) is 42.5 Å². The van der Waals surface area contributed by atoms with Crippen molar-refractivity contribution in [1.29, 1.82) is 0 Å². The molecule has 9 heteroatoms. The molecule has 1 amide bonds. The third kappa shape index (κ3) is 4.42. The van der Waals surface area contributed by atoms with Gasteiger partial charge in [-0.25, -0.2) is 4.79 Å². The van der Waals surface area contributed by atoms with Crippen molar-refractivity contribution in [2.75, 3.05) is 5.73 Å². The monoisotopic (exact) mass is 396 g/mol. The van der Waals surface area contributed by atoms with Crippen molar-refractivity contribution in [3.8, 4) is 11.3 Å². The lowest BCUT2D eigenvalue weighted by atomic mass is 10.0. The Hall–Kier alpha value is -3.69. The number of aliphatic hydroxyl groups is 1. The number of pyridine rings is 1. The standard InChI is InChI=1S/C20H20N4O5/c21-16-13(9-23-10-14(16)20(27)28)15-7-6-12(29-15)8-24-19(26)17(22)18(25)11-4-2-1-3-5-11/h1-7,9-10,17-18,25H,8,22H2,(H2,21,23)(H,24,26)(H,27,28)/t17-,18+/m0/s1. The molecule has 0 aliphatic carbocycles. The van der Waals surface area contributed by atoms with Crippen molar-refractivity contribution >= 4 is 17.6 Å². The van der Waals surface area contributed by atoms with E-state index in [0.29, 0.717) is 22.6 Å². The van der Waals surface area contributed by atoms with Crippen molar-refractivity contribution < 1.29 is 24.2 Å². The number of benzene rings is 1. The lowest BCUT2D eigenvalue weighted by molar-refractivity contribution is -0.125. The highest BCUT2D eigenvalue weighted by Crippen LogP contribution is 2.29. The van der Waals surface area contributed by atoms with Crippen LogP contribution in [0, 0.1) is 0 Å². The van der Waals surface area contributed by atoms with Gasteiger partial charge in [0.2, 0.25) is 5.91 Å². The smallest absolute Gasteiger partial charge is 0.339 e. The number of amides is 1. The van der Waals surface area contributed by atoms with Gasteiger partial charge in [-0.05, 0) is 17.7 Å². The Morgan fingerprint density at radius 1 is 1.14 bits per heavy atom. The van der Waals surface area contributed by atoms with Crippen LogP contribution in [-0.2, 0) is 11.3 Å². The number of carboxylic acids is 1. The Morgan fingerprint density at radius 3 is 2.55 bits per heavy atom. The highest BCUT2D eigenvalue weighted by Gasteiger charge is 2.24. The second-order valence-corrected chi connectivity index (χ2v) is 6.32. The van der Waals surface area contributed by atoms with Gasteiger partial charge in [-0.15, -0.1) is 0 Å². The van der Waals surface area contributed by atoms with Gasteiger partial charge < -0.3 is 31.4 Å². The number of hydrogen-bond acceptors (Lipinski definition) is 7.